The van der Waals surface area contributed by atoms with E-state index in [1.165, 1.54) is 12.8 Å². The Kier molecular flexibility index (Phi) is 2.57. The first-order valence-corrected chi connectivity index (χ1v) is 3.87. The summed E-state index contributed by atoms with van der Waals surface area (Å²) >= 11 is 0. The van der Waals surface area contributed by atoms with Crippen molar-refractivity contribution < 1.29 is 0 Å². The van der Waals surface area contributed by atoms with Crippen LogP contribution in [-0.4, -0.2) is 6.04 Å². The molecule has 10 heavy (non-hydrogen) atoms. The number of nitrogens with zero attached hydrogens (tertiary/aromatic N) is 3. The van der Waals surface area contributed by atoms with Gasteiger partial charge >= 0.3 is 0 Å². The SMILES string of the molecule is CC1CCCC(N=[N+]=[N-])C1. The predicted molar refractivity (Wildman–Crippen MR) is 40.6 cm³/mol. The minimum atomic E-state index is 0.286. The molecule has 1 aliphatic carbocycles. The van der Waals surface area contributed by atoms with Gasteiger partial charge in [-0.05, 0) is 24.3 Å². The molecule has 0 spiro atoms. The van der Waals surface area contributed by atoms with Crippen molar-refractivity contribution in [3.63, 3.8) is 0 Å². The molecular weight excluding hydrogens is 126 g/mol. The minimum absolute atomic E-state index is 0.286. The van der Waals surface area contributed by atoms with Crippen LogP contribution >= 0.6 is 0 Å². The molecule has 0 aromatic carbocycles. The van der Waals surface area contributed by atoms with Crippen LogP contribution in [0.5, 0.6) is 0 Å². The maximum atomic E-state index is 8.16. The van der Waals surface area contributed by atoms with Crippen LogP contribution in [0, 0.1) is 5.92 Å². The van der Waals surface area contributed by atoms with Gasteiger partial charge in [-0.25, -0.2) is 0 Å². The van der Waals surface area contributed by atoms with E-state index in [0.717, 1.165) is 18.8 Å². The molecule has 0 heterocycles. The van der Waals surface area contributed by atoms with Crippen LogP contribution in [0.1, 0.15) is 32.6 Å². The lowest BCUT2D eigenvalue weighted by Crippen LogP contribution is -2.15. The Balaban J connectivity index is 2.39. The summed E-state index contributed by atoms with van der Waals surface area (Å²) in [4.78, 5) is 2.82. The van der Waals surface area contributed by atoms with Gasteiger partial charge in [0, 0.05) is 11.0 Å². The second-order valence-corrected chi connectivity index (χ2v) is 3.13. The fraction of sp³-hybridized carbons (Fsp3) is 1.00. The maximum absolute atomic E-state index is 8.16. The highest BCUT2D eigenvalue weighted by molar-refractivity contribution is 4.75. The molecule has 56 valence electrons. The van der Waals surface area contributed by atoms with Crippen molar-refractivity contribution in [2.45, 2.75) is 38.6 Å². The third-order valence-corrected chi connectivity index (χ3v) is 2.12. The summed E-state index contributed by atoms with van der Waals surface area (Å²) in [6.07, 6.45) is 4.71. The fourth-order valence-corrected chi connectivity index (χ4v) is 1.58. The van der Waals surface area contributed by atoms with Gasteiger partial charge < -0.3 is 0 Å². The monoisotopic (exact) mass is 139 g/mol. The van der Waals surface area contributed by atoms with E-state index in [-0.39, 0.29) is 6.04 Å². The molecule has 0 N–H and O–H groups in total. The second kappa shape index (κ2) is 3.47. The van der Waals surface area contributed by atoms with E-state index in [2.05, 4.69) is 16.9 Å². The van der Waals surface area contributed by atoms with Gasteiger partial charge in [0.15, 0.2) is 0 Å². The van der Waals surface area contributed by atoms with E-state index >= 15 is 0 Å². The van der Waals surface area contributed by atoms with Crippen molar-refractivity contribution in [1.82, 2.24) is 0 Å². The molecule has 1 saturated carbocycles. The van der Waals surface area contributed by atoms with Crippen LogP contribution in [0.25, 0.3) is 10.4 Å². The summed E-state index contributed by atoms with van der Waals surface area (Å²) in [7, 11) is 0. The molecule has 3 nitrogen and oxygen atoms in total. The zero-order chi connectivity index (χ0) is 7.40. The summed E-state index contributed by atoms with van der Waals surface area (Å²) in [6.45, 7) is 2.22. The molecular formula is C7H13N3. The van der Waals surface area contributed by atoms with Gasteiger partial charge in [0.2, 0.25) is 0 Å². The van der Waals surface area contributed by atoms with Gasteiger partial charge in [-0.3, -0.25) is 0 Å². The summed E-state index contributed by atoms with van der Waals surface area (Å²) in [6, 6.07) is 0.286. The molecule has 0 amide bonds. The quantitative estimate of drug-likeness (QED) is 0.304. The molecule has 0 aromatic heterocycles. The van der Waals surface area contributed by atoms with Gasteiger partial charge in [0.25, 0.3) is 0 Å². The van der Waals surface area contributed by atoms with Gasteiger partial charge in [0.1, 0.15) is 0 Å². The van der Waals surface area contributed by atoms with Crippen LogP contribution in [0.15, 0.2) is 5.11 Å². The molecule has 1 fully saturated rings. The Hall–Kier alpha value is -0.690. The zero-order valence-electron chi connectivity index (χ0n) is 6.32. The highest BCUT2D eigenvalue weighted by atomic mass is 15.1. The van der Waals surface area contributed by atoms with E-state index < -0.39 is 0 Å². The molecule has 3 heteroatoms. The van der Waals surface area contributed by atoms with E-state index in [4.69, 9.17) is 5.53 Å². The standard InChI is InChI=1S/C7H13N3/c1-6-3-2-4-7(5-6)9-10-8/h6-7H,2-5H2,1H3. The molecule has 0 bridgehead atoms. The second-order valence-electron chi connectivity index (χ2n) is 3.13. The van der Waals surface area contributed by atoms with E-state index in [1.54, 1.807) is 0 Å². The Labute approximate surface area is 61.1 Å². The predicted octanol–water partition coefficient (Wildman–Crippen LogP) is 2.88. The third kappa shape index (κ3) is 1.92. The molecule has 0 radical (unpaired) electrons. The van der Waals surface area contributed by atoms with Crippen molar-refractivity contribution in [3.8, 4) is 0 Å². The van der Waals surface area contributed by atoms with Crippen molar-refractivity contribution in [3.05, 3.63) is 10.4 Å². The molecule has 1 aliphatic rings. The highest BCUT2D eigenvalue weighted by Crippen LogP contribution is 2.25. The van der Waals surface area contributed by atoms with Crippen LogP contribution in [-0.2, 0) is 0 Å². The van der Waals surface area contributed by atoms with Crippen molar-refractivity contribution >= 4 is 0 Å². The lowest BCUT2D eigenvalue weighted by Gasteiger charge is -2.22. The Morgan fingerprint density at radius 1 is 1.50 bits per heavy atom. The number of azide groups is 1. The first-order chi connectivity index (χ1) is 4.83. The fourth-order valence-electron chi connectivity index (χ4n) is 1.58. The third-order valence-electron chi connectivity index (χ3n) is 2.12. The average Bonchev–Trinajstić information content (AvgIpc) is 1.88. The van der Waals surface area contributed by atoms with Crippen LogP contribution in [0.2, 0.25) is 0 Å². The van der Waals surface area contributed by atoms with Crippen molar-refractivity contribution in [2.24, 2.45) is 11.0 Å². The highest BCUT2D eigenvalue weighted by Gasteiger charge is 2.16. The van der Waals surface area contributed by atoms with Gasteiger partial charge in [-0.15, -0.1) is 0 Å². The number of hydrogen-bond donors (Lipinski definition) is 0. The van der Waals surface area contributed by atoms with Gasteiger partial charge in [0.05, 0.1) is 0 Å². The maximum Gasteiger partial charge on any atom is 0.0376 e. The number of hydrogen-bond acceptors (Lipinski definition) is 1. The number of rotatable bonds is 1. The molecule has 0 aliphatic heterocycles. The van der Waals surface area contributed by atoms with Gasteiger partial charge in [-0.1, -0.05) is 24.9 Å². The van der Waals surface area contributed by atoms with E-state index in [1.807, 2.05) is 0 Å². The summed E-state index contributed by atoms with van der Waals surface area (Å²) in [5.74, 6) is 0.754. The normalized spacial score (nSPS) is 32.9. The molecule has 2 unspecified atom stereocenters. The van der Waals surface area contributed by atoms with E-state index in [0.29, 0.717) is 0 Å². The first-order valence-electron chi connectivity index (χ1n) is 3.87. The first kappa shape index (κ1) is 7.42. The topological polar surface area (TPSA) is 48.8 Å². The molecule has 2 atom stereocenters. The van der Waals surface area contributed by atoms with Crippen LogP contribution in [0.3, 0.4) is 0 Å². The smallest absolute Gasteiger partial charge is 0.0376 e. The van der Waals surface area contributed by atoms with Crippen molar-refractivity contribution in [1.29, 1.82) is 0 Å². The summed E-state index contributed by atoms with van der Waals surface area (Å²) < 4.78 is 0. The zero-order valence-corrected chi connectivity index (χ0v) is 6.32. The van der Waals surface area contributed by atoms with Crippen LogP contribution in [0.4, 0.5) is 0 Å². The Morgan fingerprint density at radius 2 is 2.30 bits per heavy atom. The largest absolute Gasteiger partial charge is 0.0906 e. The minimum Gasteiger partial charge on any atom is -0.0906 e. The van der Waals surface area contributed by atoms with Crippen molar-refractivity contribution in [2.75, 3.05) is 0 Å². The molecule has 0 saturated heterocycles. The average molecular weight is 139 g/mol. The lowest BCUT2D eigenvalue weighted by atomic mass is 9.88. The Bertz CT molecular complexity index is 149. The lowest BCUT2D eigenvalue weighted by molar-refractivity contribution is 0.344. The van der Waals surface area contributed by atoms with E-state index in [9.17, 15) is 0 Å². The summed E-state index contributed by atoms with van der Waals surface area (Å²) in [5.41, 5.74) is 8.16. The Morgan fingerprint density at radius 3 is 2.90 bits per heavy atom. The van der Waals surface area contributed by atoms with Crippen LogP contribution < -0.4 is 0 Å². The molecule has 0 aromatic rings. The molecule has 1 rings (SSSR count). The van der Waals surface area contributed by atoms with Gasteiger partial charge in [-0.2, -0.15) is 0 Å². The summed E-state index contributed by atoms with van der Waals surface area (Å²) in [5, 5.41) is 3.71.